The average molecular weight is 1560 g/mol. The number of amides is 6. The lowest BCUT2D eigenvalue weighted by molar-refractivity contribution is -0.135. The highest BCUT2D eigenvalue weighted by Crippen LogP contribution is 2.32. The molecule has 3 aromatic heterocycles. The van der Waals surface area contributed by atoms with Crippen LogP contribution in [0.15, 0.2) is 105 Å². The third-order valence-electron chi connectivity index (χ3n) is 18.9. The zero-order valence-corrected chi connectivity index (χ0v) is 66.0. The van der Waals surface area contributed by atoms with Gasteiger partial charge in [0.25, 0.3) is 17.7 Å². The normalized spacial score (nSPS) is 18.9. The van der Waals surface area contributed by atoms with Gasteiger partial charge in [-0.05, 0) is 98.3 Å². The highest BCUT2D eigenvalue weighted by Gasteiger charge is 2.53. The molecule has 606 valence electrons. The first-order chi connectivity index (χ1) is 53.1. The maximum absolute atomic E-state index is 13.3. The van der Waals surface area contributed by atoms with E-state index in [1.54, 1.807) is 48.5 Å². The lowest BCUT2D eigenvalue weighted by Gasteiger charge is -2.24. The number of rotatable bonds is 43. The van der Waals surface area contributed by atoms with E-state index < -0.39 is 118 Å². The Morgan fingerprint density at radius 1 is 0.366 bits per heavy atom. The van der Waals surface area contributed by atoms with Crippen LogP contribution in [0.2, 0.25) is 0 Å². The molecule has 32 heteroatoms. The van der Waals surface area contributed by atoms with Crippen molar-refractivity contribution in [2.24, 2.45) is 17.8 Å². The summed E-state index contributed by atoms with van der Waals surface area (Å²) >= 11 is 0. The largest absolute Gasteiger partial charge is 0.384 e. The quantitative estimate of drug-likeness (QED) is 0.0289. The minimum absolute atomic E-state index is 0.0239. The van der Waals surface area contributed by atoms with Crippen molar-refractivity contribution in [3.8, 4) is 0 Å². The van der Waals surface area contributed by atoms with Gasteiger partial charge in [0.05, 0.1) is 82.8 Å². The molecule has 0 spiro atoms. The van der Waals surface area contributed by atoms with E-state index in [0.717, 1.165) is 33.4 Å². The summed E-state index contributed by atoms with van der Waals surface area (Å²) in [6, 6.07) is 21.9. The van der Waals surface area contributed by atoms with E-state index >= 15 is 0 Å². The summed E-state index contributed by atoms with van der Waals surface area (Å²) in [5.74, 6) is -6.38. The molecule has 3 fully saturated rings. The second-order valence-electron chi connectivity index (χ2n) is 29.0. The van der Waals surface area contributed by atoms with Crippen molar-refractivity contribution >= 4 is 70.1 Å². The molecular formula is C80H103N9O23. The molecule has 6 heterocycles. The SMILES string of the molecule is COC[C@H](CC(=O)[C@H](COC)NC(=O)c1cc(C)on1)C(=O)N[C@@H](Cc1ccc(C)cc1)C(=O)[C@@]1(C)CO1.COC[C@H](CC(=O)[C@H](COC)NC(=O)c1cc(C)on1)C(=O)N[C@@H](Cc1ccc(C)cc1)C(=O)[C@@]1(C)CO1.COC[C@H](NC(=O)c1cc(C)on1)C(=O)C[C@@H](C)C(=O)N[C@@H](Cc1ccc(C)cc1)C(=O)[C@@]1(C)CO1. The van der Waals surface area contributed by atoms with Crippen molar-refractivity contribution < 1.29 is 109 Å². The van der Waals surface area contributed by atoms with Gasteiger partial charge in [0.1, 0.15) is 52.2 Å². The third-order valence-corrected chi connectivity index (χ3v) is 18.9. The molecule has 0 aliphatic carbocycles. The van der Waals surface area contributed by atoms with Crippen LogP contribution in [-0.4, -0.2) is 227 Å². The molecule has 9 rings (SSSR count). The molecule has 112 heavy (non-hydrogen) atoms. The Balaban J connectivity index is 0.000000233. The number of methoxy groups -OCH3 is 5. The van der Waals surface area contributed by atoms with Gasteiger partial charge >= 0.3 is 0 Å². The van der Waals surface area contributed by atoms with Gasteiger partial charge in [-0.25, -0.2) is 0 Å². The standard InChI is InChI=1S/2C27H35N3O8.C26H33N3O7/c2*1-16-6-8-18(9-7-16)11-20(24(32)27(3)15-37-27)28-25(33)19(13-35-4)12-23(31)22(14-36-5)29-26(34)21-10-17(2)38-30-21;1-15-6-8-18(9-7-15)12-19(23(31)26(4)14-35-26)27-24(32)16(2)10-22(30)21(13-34-5)28-25(33)20-11-17(3)36-29-20/h2*6-10,19-20,22H,11-15H2,1-5H3,(H,28,33)(H,29,34);6-9,11,16,19,21H,10,12-14H2,1-5H3,(H,27,32)(H,28,33)/t2*19-,20-,22-,27+;16-,19+,21+,26-/m001/s1. The predicted octanol–water partition coefficient (Wildman–Crippen LogP) is 4.40. The summed E-state index contributed by atoms with van der Waals surface area (Å²) in [7, 11) is 7.03. The summed E-state index contributed by atoms with van der Waals surface area (Å²) < 4.78 is 56.5. The first kappa shape index (κ1) is 89.0. The summed E-state index contributed by atoms with van der Waals surface area (Å²) in [4.78, 5) is 156. The lowest BCUT2D eigenvalue weighted by Crippen LogP contribution is -2.51. The number of ether oxygens (including phenoxy) is 8. The molecule has 6 amide bonds. The summed E-state index contributed by atoms with van der Waals surface area (Å²) in [6.07, 6.45) is 0.213. The van der Waals surface area contributed by atoms with Crippen molar-refractivity contribution in [1.82, 2.24) is 47.4 Å². The van der Waals surface area contributed by atoms with Crippen LogP contribution in [-0.2, 0) is 100 Å². The van der Waals surface area contributed by atoms with E-state index in [4.69, 9.17) is 51.5 Å². The fraction of sp³-hybridized carbons (Fsp3) is 0.512. The first-order valence-electron chi connectivity index (χ1n) is 36.5. The molecule has 0 radical (unpaired) electrons. The van der Waals surface area contributed by atoms with E-state index in [2.05, 4.69) is 47.4 Å². The monoisotopic (exact) mass is 1560 g/mol. The van der Waals surface area contributed by atoms with Crippen LogP contribution in [0, 0.1) is 59.3 Å². The molecule has 3 aliphatic rings. The Morgan fingerprint density at radius 3 is 0.848 bits per heavy atom. The summed E-state index contributed by atoms with van der Waals surface area (Å²) in [5.41, 5.74) is 3.20. The number of nitrogens with one attached hydrogen (secondary N) is 6. The van der Waals surface area contributed by atoms with Crippen LogP contribution in [0.25, 0.3) is 0 Å². The summed E-state index contributed by atoms with van der Waals surface area (Å²) in [6.45, 7) is 18.0. The number of benzene rings is 3. The number of Topliss-reactive ketones (excluding diaryl/α,β-unsaturated/α-hetero) is 6. The van der Waals surface area contributed by atoms with E-state index in [9.17, 15) is 57.5 Å². The highest BCUT2D eigenvalue weighted by atomic mass is 16.6. The molecule has 3 aromatic carbocycles. The lowest BCUT2D eigenvalue weighted by atomic mass is 9.93. The zero-order chi connectivity index (χ0) is 82.2. The molecule has 0 bridgehead atoms. The Bertz CT molecular complexity index is 4050. The molecular weight excluding hydrogens is 1450 g/mol. The number of hydrogen-bond acceptors (Lipinski definition) is 26. The molecule has 32 nitrogen and oxygen atoms in total. The number of hydrogen-bond donors (Lipinski definition) is 6. The van der Waals surface area contributed by atoms with Crippen LogP contribution in [0.1, 0.15) is 129 Å². The highest BCUT2D eigenvalue weighted by molar-refractivity contribution is 6.02. The van der Waals surface area contributed by atoms with Gasteiger partial charge in [0.15, 0.2) is 51.8 Å². The topological polar surface area (TPSA) is 439 Å². The first-order valence-corrected chi connectivity index (χ1v) is 36.5. The number of aryl methyl sites for hydroxylation is 6. The Morgan fingerprint density at radius 2 is 0.616 bits per heavy atom. The van der Waals surface area contributed by atoms with Crippen molar-refractivity contribution in [3.63, 3.8) is 0 Å². The van der Waals surface area contributed by atoms with Gasteiger partial charge in [-0.15, -0.1) is 0 Å². The van der Waals surface area contributed by atoms with Gasteiger partial charge in [-0.3, -0.25) is 57.5 Å². The van der Waals surface area contributed by atoms with E-state index in [1.807, 2.05) is 93.6 Å². The maximum atomic E-state index is 13.3. The van der Waals surface area contributed by atoms with Gasteiger partial charge in [0, 0.05) is 78.9 Å². The van der Waals surface area contributed by atoms with Crippen LogP contribution >= 0.6 is 0 Å². The number of nitrogens with zero attached hydrogens (tertiary/aromatic N) is 3. The second-order valence-corrected chi connectivity index (χ2v) is 29.0. The molecule has 0 unspecified atom stereocenters. The van der Waals surface area contributed by atoms with Gasteiger partial charge in [-0.2, -0.15) is 0 Å². The number of carbonyl (C=O) groups excluding carboxylic acids is 12. The van der Waals surface area contributed by atoms with E-state index in [-0.39, 0.29) is 119 Å². The molecule has 6 N–H and O–H groups in total. The Kier molecular flexibility index (Phi) is 32.9. The van der Waals surface area contributed by atoms with Gasteiger partial charge in [-0.1, -0.05) is 112 Å². The predicted molar refractivity (Wildman–Crippen MR) is 400 cm³/mol. The smallest absolute Gasteiger partial charge is 0.274 e. The minimum atomic E-state index is -1.03. The van der Waals surface area contributed by atoms with Crippen molar-refractivity contribution in [2.45, 2.75) is 161 Å². The van der Waals surface area contributed by atoms with Gasteiger partial charge in [0.2, 0.25) is 17.7 Å². The zero-order valence-electron chi connectivity index (χ0n) is 66.0. The molecule has 3 aliphatic heterocycles. The van der Waals surface area contributed by atoms with Crippen LogP contribution in [0.3, 0.4) is 0 Å². The number of aromatic nitrogens is 3. The Hall–Kier alpha value is -10.2. The van der Waals surface area contributed by atoms with Crippen molar-refractivity contribution in [3.05, 3.63) is 159 Å². The van der Waals surface area contributed by atoms with Crippen LogP contribution in [0.4, 0.5) is 0 Å². The van der Waals surface area contributed by atoms with Crippen LogP contribution in [0.5, 0.6) is 0 Å². The van der Waals surface area contributed by atoms with Crippen molar-refractivity contribution in [2.75, 3.05) is 88.4 Å². The molecule has 0 saturated carbocycles. The minimum Gasteiger partial charge on any atom is -0.384 e. The van der Waals surface area contributed by atoms with E-state index in [1.165, 1.54) is 53.7 Å². The fourth-order valence-corrected chi connectivity index (χ4v) is 11.7. The maximum Gasteiger partial charge on any atom is 0.274 e. The third kappa shape index (κ3) is 26.8. The molecule has 12 atom stereocenters. The number of ketones is 6. The number of carbonyl (C=O) groups is 12. The summed E-state index contributed by atoms with van der Waals surface area (Å²) in [5, 5.41) is 27.1. The Labute approximate surface area is 649 Å². The molecule has 3 saturated heterocycles. The average Bonchev–Trinajstić information content (AvgIpc) is 1.64. The van der Waals surface area contributed by atoms with Gasteiger partial charge < -0.3 is 83.4 Å². The second kappa shape index (κ2) is 41.4. The fourth-order valence-electron chi connectivity index (χ4n) is 11.7. The van der Waals surface area contributed by atoms with Crippen molar-refractivity contribution in [1.29, 1.82) is 0 Å². The van der Waals surface area contributed by atoms with E-state index in [0.29, 0.717) is 30.3 Å². The molecule has 6 aromatic rings. The van der Waals surface area contributed by atoms with Crippen LogP contribution < -0.4 is 31.9 Å². The number of epoxide rings is 3.